The molecule has 1 heterocycles. The first-order valence-electron chi connectivity index (χ1n) is 8.67. The van der Waals surface area contributed by atoms with Crippen LogP contribution in [0.25, 0.3) is 0 Å². The van der Waals surface area contributed by atoms with Crippen LogP contribution in [0.5, 0.6) is 0 Å². The van der Waals surface area contributed by atoms with Crippen molar-refractivity contribution in [3.05, 3.63) is 54.1 Å². The monoisotopic (exact) mass is 323 g/mol. The molecule has 2 aromatic rings. The molecule has 126 valence electrons. The van der Waals surface area contributed by atoms with E-state index in [1.165, 1.54) is 18.5 Å². The molecule has 0 atom stereocenters. The molecule has 0 saturated carbocycles. The highest BCUT2D eigenvalue weighted by Crippen LogP contribution is 2.23. The number of hydrogen-bond acceptors (Lipinski definition) is 2. The zero-order valence-electron chi connectivity index (χ0n) is 14.5. The van der Waals surface area contributed by atoms with E-state index in [0.29, 0.717) is 6.54 Å². The van der Waals surface area contributed by atoms with Crippen molar-refractivity contribution in [3.63, 3.8) is 0 Å². The third kappa shape index (κ3) is 3.70. The molecule has 24 heavy (non-hydrogen) atoms. The van der Waals surface area contributed by atoms with Gasteiger partial charge in [-0.15, -0.1) is 0 Å². The van der Waals surface area contributed by atoms with Gasteiger partial charge in [0, 0.05) is 36.7 Å². The molecule has 1 fully saturated rings. The Labute approximate surface area is 144 Å². The lowest BCUT2D eigenvalue weighted by Gasteiger charge is -2.22. The number of anilines is 3. The van der Waals surface area contributed by atoms with Crippen LogP contribution >= 0.6 is 0 Å². The summed E-state index contributed by atoms with van der Waals surface area (Å²) in [5.74, 6) is 0. The van der Waals surface area contributed by atoms with Crippen molar-refractivity contribution in [1.29, 1.82) is 0 Å². The second-order valence-electron chi connectivity index (χ2n) is 6.25. The number of carbonyl (C=O) groups excluding carboxylic acids is 1. The molecular weight excluding hydrogens is 298 g/mol. The zero-order chi connectivity index (χ0) is 16.9. The van der Waals surface area contributed by atoms with Crippen molar-refractivity contribution in [2.75, 3.05) is 34.8 Å². The summed E-state index contributed by atoms with van der Waals surface area (Å²) in [6, 6.07) is 16.0. The van der Waals surface area contributed by atoms with Crippen LogP contribution in [0.4, 0.5) is 21.9 Å². The second kappa shape index (κ2) is 7.39. The summed E-state index contributed by atoms with van der Waals surface area (Å²) in [5, 5.41) is 3.00. The summed E-state index contributed by atoms with van der Waals surface area (Å²) >= 11 is 0. The molecule has 4 nitrogen and oxygen atoms in total. The minimum Gasteiger partial charge on any atom is -0.372 e. The SMILES string of the molecule is CCN(C(=O)Nc1ccc(N2CCCC2)cc1)c1cccc(C)c1. The third-order valence-electron chi connectivity index (χ3n) is 4.46. The molecule has 0 spiro atoms. The van der Waals surface area contributed by atoms with E-state index in [9.17, 15) is 4.79 Å². The normalized spacial score (nSPS) is 13.8. The Hall–Kier alpha value is -2.49. The maximum Gasteiger partial charge on any atom is 0.326 e. The molecule has 1 aliphatic heterocycles. The van der Waals surface area contributed by atoms with Gasteiger partial charge >= 0.3 is 6.03 Å². The van der Waals surface area contributed by atoms with Crippen LogP contribution in [0, 0.1) is 6.92 Å². The molecule has 0 bridgehead atoms. The standard InChI is InChI=1S/C20H25N3O/c1-3-23(19-8-6-7-16(2)15-19)20(24)21-17-9-11-18(12-10-17)22-13-4-5-14-22/h6-12,15H,3-5,13-14H2,1-2H3,(H,21,24). The molecule has 4 heteroatoms. The van der Waals surface area contributed by atoms with Gasteiger partial charge in [-0.2, -0.15) is 0 Å². The van der Waals surface area contributed by atoms with Crippen LogP contribution in [0.1, 0.15) is 25.3 Å². The lowest BCUT2D eigenvalue weighted by Crippen LogP contribution is -2.34. The largest absolute Gasteiger partial charge is 0.372 e. The molecule has 0 aliphatic carbocycles. The maximum absolute atomic E-state index is 12.6. The van der Waals surface area contributed by atoms with E-state index in [4.69, 9.17) is 0 Å². The third-order valence-corrected chi connectivity index (χ3v) is 4.46. The fourth-order valence-electron chi connectivity index (χ4n) is 3.16. The first-order chi connectivity index (χ1) is 11.7. The Morgan fingerprint density at radius 2 is 1.83 bits per heavy atom. The van der Waals surface area contributed by atoms with E-state index in [-0.39, 0.29) is 6.03 Å². The lowest BCUT2D eigenvalue weighted by molar-refractivity contribution is 0.257. The van der Waals surface area contributed by atoms with Gasteiger partial charge in [-0.05, 0) is 68.7 Å². The van der Waals surface area contributed by atoms with E-state index < -0.39 is 0 Å². The Balaban J connectivity index is 1.68. The van der Waals surface area contributed by atoms with E-state index in [2.05, 4.69) is 22.3 Å². The Morgan fingerprint density at radius 3 is 2.46 bits per heavy atom. The van der Waals surface area contributed by atoms with Crippen LogP contribution in [-0.2, 0) is 0 Å². The number of amides is 2. The summed E-state index contributed by atoms with van der Waals surface area (Å²) in [6.45, 7) is 6.90. The predicted octanol–water partition coefficient (Wildman–Crippen LogP) is 4.65. The van der Waals surface area contributed by atoms with Gasteiger partial charge < -0.3 is 10.2 Å². The number of urea groups is 1. The Morgan fingerprint density at radius 1 is 1.12 bits per heavy atom. The van der Waals surface area contributed by atoms with E-state index in [0.717, 1.165) is 30.0 Å². The number of nitrogens with one attached hydrogen (secondary N) is 1. The molecule has 0 aromatic heterocycles. The summed E-state index contributed by atoms with van der Waals surface area (Å²) < 4.78 is 0. The number of aryl methyl sites for hydroxylation is 1. The molecular formula is C20H25N3O. The van der Waals surface area contributed by atoms with Gasteiger partial charge in [0.1, 0.15) is 0 Å². The van der Waals surface area contributed by atoms with Gasteiger partial charge in [0.25, 0.3) is 0 Å². The van der Waals surface area contributed by atoms with Gasteiger partial charge in [0.15, 0.2) is 0 Å². The summed E-state index contributed by atoms with van der Waals surface area (Å²) in [6.07, 6.45) is 2.53. The van der Waals surface area contributed by atoms with Gasteiger partial charge in [-0.25, -0.2) is 4.79 Å². The molecule has 2 aromatic carbocycles. The zero-order valence-corrected chi connectivity index (χ0v) is 14.5. The van der Waals surface area contributed by atoms with Crippen molar-refractivity contribution < 1.29 is 4.79 Å². The van der Waals surface area contributed by atoms with Crippen molar-refractivity contribution >= 4 is 23.1 Å². The van der Waals surface area contributed by atoms with E-state index >= 15 is 0 Å². The van der Waals surface area contributed by atoms with E-state index in [1.807, 2.05) is 50.2 Å². The minimum atomic E-state index is -0.1000. The first-order valence-corrected chi connectivity index (χ1v) is 8.67. The average Bonchev–Trinajstić information content (AvgIpc) is 3.11. The van der Waals surface area contributed by atoms with Crippen LogP contribution in [-0.4, -0.2) is 25.7 Å². The summed E-state index contributed by atoms with van der Waals surface area (Å²) in [5.41, 5.74) is 4.13. The molecule has 1 saturated heterocycles. The van der Waals surface area contributed by atoms with Gasteiger partial charge in [-0.3, -0.25) is 4.90 Å². The number of rotatable bonds is 4. The number of benzene rings is 2. The lowest BCUT2D eigenvalue weighted by atomic mass is 10.2. The Kier molecular flexibility index (Phi) is 5.04. The van der Waals surface area contributed by atoms with Crippen molar-refractivity contribution in [1.82, 2.24) is 0 Å². The highest BCUT2D eigenvalue weighted by atomic mass is 16.2. The Bertz CT molecular complexity index is 690. The van der Waals surface area contributed by atoms with Gasteiger partial charge in [0.2, 0.25) is 0 Å². The molecule has 0 radical (unpaired) electrons. The maximum atomic E-state index is 12.6. The van der Waals surface area contributed by atoms with Gasteiger partial charge in [0.05, 0.1) is 0 Å². The highest BCUT2D eigenvalue weighted by Gasteiger charge is 2.15. The van der Waals surface area contributed by atoms with Crippen molar-refractivity contribution in [2.24, 2.45) is 0 Å². The van der Waals surface area contributed by atoms with Crippen LogP contribution < -0.4 is 15.1 Å². The smallest absolute Gasteiger partial charge is 0.326 e. The molecule has 1 N–H and O–H groups in total. The second-order valence-corrected chi connectivity index (χ2v) is 6.25. The van der Waals surface area contributed by atoms with Crippen LogP contribution in [0.15, 0.2) is 48.5 Å². The van der Waals surface area contributed by atoms with Crippen molar-refractivity contribution in [3.8, 4) is 0 Å². The number of nitrogens with zero attached hydrogens (tertiary/aromatic N) is 2. The molecule has 1 aliphatic rings. The highest BCUT2D eigenvalue weighted by molar-refractivity contribution is 6.01. The average molecular weight is 323 g/mol. The first kappa shape index (κ1) is 16.4. The van der Waals surface area contributed by atoms with Gasteiger partial charge in [-0.1, -0.05) is 12.1 Å². The van der Waals surface area contributed by atoms with Crippen molar-refractivity contribution in [2.45, 2.75) is 26.7 Å². The van der Waals surface area contributed by atoms with Crippen LogP contribution in [0.2, 0.25) is 0 Å². The summed E-state index contributed by atoms with van der Waals surface area (Å²) in [7, 11) is 0. The fraction of sp³-hybridized carbons (Fsp3) is 0.350. The number of hydrogen-bond donors (Lipinski definition) is 1. The molecule has 0 unspecified atom stereocenters. The quantitative estimate of drug-likeness (QED) is 0.888. The summed E-state index contributed by atoms with van der Waals surface area (Å²) in [4.78, 5) is 16.7. The predicted molar refractivity (Wildman–Crippen MR) is 101 cm³/mol. The fourth-order valence-corrected chi connectivity index (χ4v) is 3.16. The van der Waals surface area contributed by atoms with Crippen LogP contribution in [0.3, 0.4) is 0 Å². The molecule has 3 rings (SSSR count). The van der Waals surface area contributed by atoms with E-state index in [1.54, 1.807) is 4.90 Å². The topological polar surface area (TPSA) is 35.6 Å². The molecule has 2 amide bonds. The number of carbonyl (C=O) groups is 1. The minimum absolute atomic E-state index is 0.1000.